The fraction of sp³-hybridized carbons (Fsp3) is 0.238. The van der Waals surface area contributed by atoms with Crippen LogP contribution in [0.5, 0.6) is 0 Å². The second kappa shape index (κ2) is 8.04. The molecule has 0 aliphatic carbocycles. The molecule has 3 rings (SSSR count). The zero-order valence-electron chi connectivity index (χ0n) is 16.0. The van der Waals surface area contributed by atoms with Gasteiger partial charge < -0.3 is 4.74 Å². The summed E-state index contributed by atoms with van der Waals surface area (Å²) in [6.45, 7) is 5.97. The van der Waals surface area contributed by atoms with Gasteiger partial charge in [0, 0.05) is 6.07 Å². The molecule has 0 amide bonds. The molecule has 0 spiro atoms. The van der Waals surface area contributed by atoms with Crippen LogP contribution in [0.1, 0.15) is 38.4 Å². The van der Waals surface area contributed by atoms with E-state index in [9.17, 15) is 14.9 Å². The van der Waals surface area contributed by atoms with Crippen LogP contribution >= 0.6 is 0 Å². The third-order valence-electron chi connectivity index (χ3n) is 4.59. The molecule has 0 saturated heterocycles. The van der Waals surface area contributed by atoms with Crippen molar-refractivity contribution in [1.82, 2.24) is 9.78 Å². The number of nitro groups is 1. The zero-order valence-corrected chi connectivity index (χ0v) is 16.0. The Bertz CT molecular complexity index is 1020. The molecule has 7 heteroatoms. The average molecular weight is 379 g/mol. The van der Waals surface area contributed by atoms with Gasteiger partial charge in [-0.05, 0) is 32.4 Å². The third-order valence-corrected chi connectivity index (χ3v) is 4.59. The van der Waals surface area contributed by atoms with Gasteiger partial charge in [0.05, 0.1) is 28.4 Å². The van der Waals surface area contributed by atoms with Gasteiger partial charge in [-0.3, -0.25) is 14.8 Å². The lowest BCUT2D eigenvalue weighted by atomic mass is 10.1. The van der Waals surface area contributed by atoms with E-state index in [1.54, 1.807) is 29.8 Å². The summed E-state index contributed by atoms with van der Waals surface area (Å²) in [7, 11) is 0. The maximum absolute atomic E-state index is 12.6. The fourth-order valence-corrected chi connectivity index (χ4v) is 3.04. The lowest BCUT2D eigenvalue weighted by Crippen LogP contribution is -2.10. The largest absolute Gasteiger partial charge is 0.457 e. The van der Waals surface area contributed by atoms with E-state index in [0.29, 0.717) is 29.1 Å². The molecule has 3 aromatic rings. The minimum Gasteiger partial charge on any atom is -0.457 e. The SMILES string of the molecule is Cc1ccc(Cn2nc(C)c(C(=O)OCc3ccccc3[N+](=O)[O-])c2C)cc1. The van der Waals surface area contributed by atoms with Crippen molar-refractivity contribution in [3.8, 4) is 0 Å². The molecule has 0 atom stereocenters. The van der Waals surface area contributed by atoms with E-state index in [2.05, 4.69) is 5.10 Å². The van der Waals surface area contributed by atoms with Crippen LogP contribution < -0.4 is 0 Å². The van der Waals surface area contributed by atoms with Crippen LogP contribution in [0.25, 0.3) is 0 Å². The summed E-state index contributed by atoms with van der Waals surface area (Å²) in [6.07, 6.45) is 0. The predicted molar refractivity (Wildman–Crippen MR) is 104 cm³/mol. The second-order valence-electron chi connectivity index (χ2n) is 6.65. The number of carbonyl (C=O) groups excluding carboxylic acids is 1. The highest BCUT2D eigenvalue weighted by Gasteiger charge is 2.21. The monoisotopic (exact) mass is 379 g/mol. The van der Waals surface area contributed by atoms with Gasteiger partial charge in [-0.15, -0.1) is 0 Å². The molecular weight excluding hydrogens is 358 g/mol. The maximum Gasteiger partial charge on any atom is 0.342 e. The first-order chi connectivity index (χ1) is 13.4. The molecule has 2 aromatic carbocycles. The Morgan fingerprint density at radius 3 is 2.46 bits per heavy atom. The number of nitro benzene ring substituents is 1. The number of hydrogen-bond donors (Lipinski definition) is 0. The zero-order chi connectivity index (χ0) is 20.3. The summed E-state index contributed by atoms with van der Waals surface area (Å²) in [5.41, 5.74) is 4.20. The number of carbonyl (C=O) groups is 1. The maximum atomic E-state index is 12.6. The van der Waals surface area contributed by atoms with Gasteiger partial charge in [-0.2, -0.15) is 5.10 Å². The molecule has 0 aliphatic heterocycles. The number of nitrogens with zero attached hydrogens (tertiary/aromatic N) is 3. The van der Waals surface area contributed by atoms with Crippen molar-refractivity contribution in [3.05, 3.63) is 92.3 Å². The van der Waals surface area contributed by atoms with Gasteiger partial charge in [0.1, 0.15) is 12.2 Å². The van der Waals surface area contributed by atoms with Gasteiger partial charge in [0.25, 0.3) is 5.69 Å². The van der Waals surface area contributed by atoms with Crippen molar-refractivity contribution in [2.75, 3.05) is 0 Å². The number of ether oxygens (including phenoxy) is 1. The molecule has 0 fully saturated rings. The summed E-state index contributed by atoms with van der Waals surface area (Å²) in [5.74, 6) is -0.539. The second-order valence-corrected chi connectivity index (χ2v) is 6.65. The molecular formula is C21H21N3O4. The van der Waals surface area contributed by atoms with Gasteiger partial charge in [0.2, 0.25) is 0 Å². The van der Waals surface area contributed by atoms with Crippen LogP contribution in [0.2, 0.25) is 0 Å². The van der Waals surface area contributed by atoms with E-state index < -0.39 is 10.9 Å². The van der Waals surface area contributed by atoms with Crippen LogP contribution in [0.4, 0.5) is 5.69 Å². The number of hydrogen-bond acceptors (Lipinski definition) is 5. The molecule has 0 unspecified atom stereocenters. The number of para-hydroxylation sites is 1. The van der Waals surface area contributed by atoms with E-state index >= 15 is 0 Å². The molecule has 1 heterocycles. The molecule has 0 saturated carbocycles. The molecule has 0 bridgehead atoms. The number of aryl methyl sites for hydroxylation is 2. The molecule has 144 valence electrons. The highest BCUT2D eigenvalue weighted by molar-refractivity contribution is 5.91. The van der Waals surface area contributed by atoms with Crippen molar-refractivity contribution in [3.63, 3.8) is 0 Å². The van der Waals surface area contributed by atoms with Gasteiger partial charge in [-0.25, -0.2) is 4.79 Å². The number of aromatic nitrogens is 2. The van der Waals surface area contributed by atoms with Gasteiger partial charge in [-0.1, -0.05) is 42.0 Å². The Kier molecular flexibility index (Phi) is 5.54. The summed E-state index contributed by atoms with van der Waals surface area (Å²) in [4.78, 5) is 23.2. The number of esters is 1. The van der Waals surface area contributed by atoms with Crippen molar-refractivity contribution in [1.29, 1.82) is 0 Å². The van der Waals surface area contributed by atoms with E-state index in [4.69, 9.17) is 4.74 Å². The molecule has 0 aliphatic rings. The van der Waals surface area contributed by atoms with Crippen LogP contribution in [0, 0.1) is 30.9 Å². The molecule has 28 heavy (non-hydrogen) atoms. The molecule has 0 radical (unpaired) electrons. The summed E-state index contributed by atoms with van der Waals surface area (Å²) < 4.78 is 7.11. The Balaban J connectivity index is 1.76. The number of rotatable bonds is 6. The van der Waals surface area contributed by atoms with Crippen LogP contribution in [-0.2, 0) is 17.9 Å². The Morgan fingerprint density at radius 2 is 1.79 bits per heavy atom. The fourth-order valence-electron chi connectivity index (χ4n) is 3.04. The van der Waals surface area contributed by atoms with Crippen LogP contribution in [0.3, 0.4) is 0 Å². The van der Waals surface area contributed by atoms with E-state index in [1.165, 1.54) is 11.6 Å². The van der Waals surface area contributed by atoms with E-state index in [0.717, 1.165) is 5.56 Å². The van der Waals surface area contributed by atoms with E-state index in [-0.39, 0.29) is 12.3 Å². The van der Waals surface area contributed by atoms with Crippen molar-refractivity contribution >= 4 is 11.7 Å². The standard InChI is InChI=1S/C21H21N3O4/c1-14-8-10-17(11-9-14)12-23-16(3)20(15(2)22-23)21(25)28-13-18-6-4-5-7-19(18)24(26)27/h4-11H,12-13H2,1-3H3. The Hall–Kier alpha value is -3.48. The topological polar surface area (TPSA) is 87.3 Å². The lowest BCUT2D eigenvalue weighted by Gasteiger charge is -2.07. The first-order valence-corrected chi connectivity index (χ1v) is 8.85. The quantitative estimate of drug-likeness (QED) is 0.365. The molecule has 0 N–H and O–H groups in total. The first kappa shape index (κ1) is 19.3. The van der Waals surface area contributed by atoms with Crippen LogP contribution in [0.15, 0.2) is 48.5 Å². The number of benzene rings is 2. The summed E-state index contributed by atoms with van der Waals surface area (Å²) >= 11 is 0. The van der Waals surface area contributed by atoms with Crippen molar-refractivity contribution < 1.29 is 14.5 Å². The van der Waals surface area contributed by atoms with Gasteiger partial charge >= 0.3 is 5.97 Å². The third kappa shape index (κ3) is 4.09. The Labute approximate surface area is 162 Å². The van der Waals surface area contributed by atoms with Crippen LogP contribution in [-0.4, -0.2) is 20.7 Å². The van der Waals surface area contributed by atoms with Crippen molar-refractivity contribution in [2.45, 2.75) is 33.9 Å². The van der Waals surface area contributed by atoms with E-state index in [1.807, 2.05) is 38.1 Å². The smallest absolute Gasteiger partial charge is 0.342 e. The van der Waals surface area contributed by atoms with Gasteiger partial charge in [0.15, 0.2) is 0 Å². The lowest BCUT2D eigenvalue weighted by molar-refractivity contribution is -0.385. The summed E-state index contributed by atoms with van der Waals surface area (Å²) in [5, 5.41) is 15.6. The molecule has 1 aromatic heterocycles. The average Bonchev–Trinajstić information content (AvgIpc) is 2.95. The minimum absolute atomic E-state index is 0.0705. The highest BCUT2D eigenvalue weighted by Crippen LogP contribution is 2.21. The summed E-state index contributed by atoms with van der Waals surface area (Å²) in [6, 6.07) is 14.3. The predicted octanol–water partition coefficient (Wildman–Crippen LogP) is 4.12. The normalized spacial score (nSPS) is 10.7. The minimum atomic E-state index is -0.539. The molecule has 7 nitrogen and oxygen atoms in total. The first-order valence-electron chi connectivity index (χ1n) is 8.85. The highest BCUT2D eigenvalue weighted by atomic mass is 16.6. The van der Waals surface area contributed by atoms with Crippen molar-refractivity contribution in [2.24, 2.45) is 0 Å². The Morgan fingerprint density at radius 1 is 1.11 bits per heavy atom.